The van der Waals surface area contributed by atoms with Gasteiger partial charge < -0.3 is 10.0 Å². The minimum absolute atomic E-state index is 0.0427. The first kappa shape index (κ1) is 20.6. The van der Waals surface area contributed by atoms with Crippen LogP contribution >= 0.6 is 31.9 Å². The molecule has 0 bridgehead atoms. The molecule has 3 rings (SSSR count). The number of halogens is 4. The molecule has 1 amide bonds. The molecule has 0 saturated heterocycles. The van der Waals surface area contributed by atoms with E-state index in [9.17, 15) is 17.8 Å². The predicted molar refractivity (Wildman–Crippen MR) is 113 cm³/mol. The van der Waals surface area contributed by atoms with Crippen LogP contribution in [-0.4, -0.2) is 10.1 Å². The third-order valence-electron chi connectivity index (χ3n) is 3.64. The normalized spacial score (nSPS) is 11.7. The third kappa shape index (κ3) is 5.03. The van der Waals surface area contributed by atoms with Crippen molar-refractivity contribution in [2.24, 2.45) is 0 Å². The van der Waals surface area contributed by atoms with E-state index in [1.807, 2.05) is 0 Å². The van der Waals surface area contributed by atoms with Crippen molar-refractivity contribution in [2.45, 2.75) is 4.90 Å². The highest BCUT2D eigenvalue weighted by Gasteiger charge is 2.16. The summed E-state index contributed by atoms with van der Waals surface area (Å²) < 4.78 is 43.2. The first-order chi connectivity index (χ1) is 13.3. The van der Waals surface area contributed by atoms with E-state index in [0.717, 1.165) is 16.6 Å². The zero-order valence-electron chi connectivity index (χ0n) is 14.0. The number of carbonyl (C=O) groups is 1. The number of carbonyl (C=O) groups excluding carboxylic acids is 1. The van der Waals surface area contributed by atoms with Gasteiger partial charge in [0, 0.05) is 14.6 Å². The highest BCUT2D eigenvalue weighted by atomic mass is 79.9. The second-order valence-corrected chi connectivity index (χ2v) is 8.64. The molecule has 0 radical (unpaired) electrons. The van der Waals surface area contributed by atoms with Gasteiger partial charge in [-0.15, -0.1) is 0 Å². The summed E-state index contributed by atoms with van der Waals surface area (Å²) in [6.45, 7) is 0. The van der Waals surface area contributed by atoms with Gasteiger partial charge in [-0.05, 0) is 60.7 Å². The molecule has 0 spiro atoms. The number of benzene rings is 3. The Balaban J connectivity index is 1.85. The minimum atomic E-state index is -1.89. The zero-order valence-corrected chi connectivity index (χ0v) is 18.0. The second kappa shape index (κ2) is 8.93. The molecule has 0 saturated carbocycles. The summed E-state index contributed by atoms with van der Waals surface area (Å²) in [5, 5.41) is 2.75. The van der Waals surface area contributed by atoms with Crippen molar-refractivity contribution in [2.75, 3.05) is 10.0 Å². The van der Waals surface area contributed by atoms with E-state index < -0.39 is 28.5 Å². The monoisotopic (exact) mass is 528 g/mol. The molecular weight excluding hydrogens is 518 g/mol. The van der Waals surface area contributed by atoms with Gasteiger partial charge in [0.2, 0.25) is 0 Å². The fourth-order valence-corrected chi connectivity index (χ4v) is 3.80. The molecule has 1 atom stereocenters. The Labute approximate surface area is 179 Å². The molecule has 0 fully saturated rings. The first-order valence-electron chi connectivity index (χ1n) is 7.83. The lowest BCUT2D eigenvalue weighted by Gasteiger charge is -2.13. The molecular formula is C19H12Br2F2N2O2S. The summed E-state index contributed by atoms with van der Waals surface area (Å²) in [6, 6.07) is 14.8. The Kier molecular flexibility index (Phi) is 6.58. The number of hydrogen-bond donors (Lipinski definition) is 2. The van der Waals surface area contributed by atoms with E-state index in [2.05, 4.69) is 41.9 Å². The fourth-order valence-electron chi connectivity index (χ4n) is 2.28. The SMILES string of the molecule is O=C(Nc1ccc(Br)cc1)c1cc(Br)ccc1NS(=O)c1ccc(F)c(F)c1. The van der Waals surface area contributed by atoms with E-state index in [1.54, 1.807) is 42.5 Å². The van der Waals surface area contributed by atoms with Crippen LogP contribution in [-0.2, 0) is 11.0 Å². The van der Waals surface area contributed by atoms with E-state index in [1.165, 1.54) is 6.07 Å². The summed E-state index contributed by atoms with van der Waals surface area (Å²) in [5.74, 6) is -2.55. The average Bonchev–Trinajstić information content (AvgIpc) is 2.67. The Morgan fingerprint density at radius 2 is 1.54 bits per heavy atom. The van der Waals surface area contributed by atoms with Gasteiger partial charge >= 0.3 is 0 Å². The molecule has 9 heteroatoms. The lowest BCUT2D eigenvalue weighted by Crippen LogP contribution is -2.16. The predicted octanol–water partition coefficient (Wildman–Crippen LogP) is 5.88. The Hall–Kier alpha value is -2.10. The van der Waals surface area contributed by atoms with Gasteiger partial charge in [0.25, 0.3) is 5.91 Å². The maximum atomic E-state index is 13.4. The molecule has 2 N–H and O–H groups in total. The van der Waals surface area contributed by atoms with E-state index in [4.69, 9.17) is 0 Å². The molecule has 28 heavy (non-hydrogen) atoms. The van der Waals surface area contributed by atoms with Crippen LogP contribution in [0, 0.1) is 11.6 Å². The number of amides is 1. The number of rotatable bonds is 5. The van der Waals surface area contributed by atoms with Crippen molar-refractivity contribution in [3.8, 4) is 0 Å². The Morgan fingerprint density at radius 3 is 2.21 bits per heavy atom. The van der Waals surface area contributed by atoms with Crippen LogP contribution in [0.25, 0.3) is 0 Å². The standard InChI is InChI=1S/C19H12Br2F2N2O2S/c20-11-1-4-13(5-2-11)24-19(26)15-9-12(21)3-8-18(15)25-28(27)14-6-7-16(22)17(23)10-14/h1-10,25H,(H,24,26). The molecule has 0 aliphatic carbocycles. The molecule has 144 valence electrons. The lowest BCUT2D eigenvalue weighted by atomic mass is 10.1. The molecule has 4 nitrogen and oxygen atoms in total. The summed E-state index contributed by atoms with van der Waals surface area (Å²) in [4.78, 5) is 12.7. The van der Waals surface area contributed by atoms with Crippen molar-refractivity contribution in [1.82, 2.24) is 0 Å². The number of nitrogens with one attached hydrogen (secondary N) is 2. The van der Waals surface area contributed by atoms with Crippen molar-refractivity contribution in [1.29, 1.82) is 0 Å². The zero-order chi connectivity index (χ0) is 20.3. The highest BCUT2D eigenvalue weighted by Crippen LogP contribution is 2.25. The summed E-state index contributed by atoms with van der Waals surface area (Å²) >= 11 is 6.63. The second-order valence-electron chi connectivity index (χ2n) is 5.60. The molecule has 1 unspecified atom stereocenters. The maximum Gasteiger partial charge on any atom is 0.257 e. The summed E-state index contributed by atoms with van der Waals surface area (Å²) in [7, 11) is -1.89. The van der Waals surface area contributed by atoms with Crippen LogP contribution in [0.1, 0.15) is 10.4 Å². The molecule has 3 aromatic carbocycles. The minimum Gasteiger partial charge on any atom is -0.322 e. The number of anilines is 2. The average molecular weight is 530 g/mol. The van der Waals surface area contributed by atoms with E-state index in [-0.39, 0.29) is 16.1 Å². The van der Waals surface area contributed by atoms with Gasteiger partial charge in [-0.3, -0.25) is 4.79 Å². The van der Waals surface area contributed by atoms with Crippen LogP contribution in [0.4, 0.5) is 20.2 Å². The highest BCUT2D eigenvalue weighted by molar-refractivity contribution is 9.10. The van der Waals surface area contributed by atoms with E-state index in [0.29, 0.717) is 10.2 Å². The molecule has 3 aromatic rings. The van der Waals surface area contributed by atoms with Gasteiger partial charge in [0.1, 0.15) is 11.0 Å². The summed E-state index contributed by atoms with van der Waals surface area (Å²) in [6.07, 6.45) is 0. The van der Waals surface area contributed by atoms with Gasteiger partial charge in [-0.1, -0.05) is 31.9 Å². The van der Waals surface area contributed by atoms with E-state index >= 15 is 0 Å². The molecule has 0 aliphatic heterocycles. The molecule has 0 heterocycles. The van der Waals surface area contributed by atoms with Crippen molar-refractivity contribution in [3.05, 3.63) is 86.8 Å². The Morgan fingerprint density at radius 1 is 0.857 bits per heavy atom. The van der Waals surface area contributed by atoms with Gasteiger partial charge in [0.05, 0.1) is 16.1 Å². The van der Waals surface area contributed by atoms with Crippen LogP contribution in [0.15, 0.2) is 74.5 Å². The van der Waals surface area contributed by atoms with Crippen molar-refractivity contribution in [3.63, 3.8) is 0 Å². The Bertz CT molecular complexity index is 1060. The van der Waals surface area contributed by atoms with Crippen LogP contribution in [0.3, 0.4) is 0 Å². The van der Waals surface area contributed by atoms with Gasteiger partial charge in [0.15, 0.2) is 11.6 Å². The maximum absolute atomic E-state index is 13.4. The topological polar surface area (TPSA) is 58.2 Å². The quantitative estimate of drug-likeness (QED) is 0.434. The van der Waals surface area contributed by atoms with Gasteiger partial charge in [-0.25, -0.2) is 13.0 Å². The largest absolute Gasteiger partial charge is 0.322 e. The third-order valence-corrected chi connectivity index (χ3v) is 5.75. The van der Waals surface area contributed by atoms with Crippen LogP contribution < -0.4 is 10.0 Å². The van der Waals surface area contributed by atoms with Crippen molar-refractivity contribution < 1.29 is 17.8 Å². The molecule has 0 aliphatic rings. The fraction of sp³-hybridized carbons (Fsp3) is 0. The van der Waals surface area contributed by atoms with Crippen LogP contribution in [0.5, 0.6) is 0 Å². The van der Waals surface area contributed by atoms with Crippen molar-refractivity contribution >= 4 is 60.1 Å². The first-order valence-corrected chi connectivity index (χ1v) is 10.6. The van der Waals surface area contributed by atoms with Crippen LogP contribution in [0.2, 0.25) is 0 Å². The van der Waals surface area contributed by atoms with Gasteiger partial charge in [-0.2, -0.15) is 0 Å². The lowest BCUT2D eigenvalue weighted by molar-refractivity contribution is 0.102. The smallest absolute Gasteiger partial charge is 0.257 e. The summed E-state index contributed by atoms with van der Waals surface area (Å²) in [5.41, 5.74) is 1.09. The number of hydrogen-bond acceptors (Lipinski definition) is 2. The molecule has 0 aromatic heterocycles.